The van der Waals surface area contributed by atoms with E-state index in [0.29, 0.717) is 5.56 Å². The number of ketones is 2. The molecule has 1 amide bonds. The summed E-state index contributed by atoms with van der Waals surface area (Å²) in [4.78, 5) is 51.0. The Labute approximate surface area is 212 Å². The zero-order chi connectivity index (χ0) is 28.1. The van der Waals surface area contributed by atoms with Gasteiger partial charge in [0.05, 0.1) is 11.6 Å². The Kier molecular flexibility index (Phi) is 7.12. The maximum Gasteiger partial charge on any atom is 0.300 e. The lowest BCUT2D eigenvalue weighted by molar-refractivity contribution is -0.153. The standard InChI is InChI=1S/C23H27N3O7.C2H4O2/c1-25(2)12-5-6-13(27)15-10(12)7-9-8-11-17(26(3)4)19(29)16(22(24)32)21(31)23(11,33)20(30)14(9)18(15)28;1-2(3)4/h5-6,9,11,17,27-28,31,33H,7-8H2,1-4H3,(H2,24,32);1H3,(H,3,4)/t9-,11-,17-,23-;/m0./s1. The van der Waals surface area contributed by atoms with Crippen LogP contribution in [0.1, 0.15) is 24.5 Å². The molecule has 37 heavy (non-hydrogen) atoms. The van der Waals surface area contributed by atoms with Crippen LogP contribution >= 0.6 is 0 Å². The molecule has 12 heteroatoms. The molecule has 0 aliphatic heterocycles. The number of rotatable bonds is 3. The number of hydrogen-bond acceptors (Lipinski definition) is 10. The fourth-order valence-corrected chi connectivity index (χ4v) is 5.65. The third-order valence-electron chi connectivity index (χ3n) is 7.06. The number of nitrogens with zero attached hydrogens (tertiary/aromatic N) is 2. The molecule has 0 spiro atoms. The normalized spacial score (nSPS) is 26.6. The van der Waals surface area contributed by atoms with Crippen LogP contribution in [0.25, 0.3) is 5.76 Å². The van der Waals surface area contributed by atoms with E-state index in [1.165, 1.54) is 11.0 Å². The number of benzene rings is 1. The van der Waals surface area contributed by atoms with Gasteiger partial charge in [0, 0.05) is 38.2 Å². The number of likely N-dealkylation sites (N-methyl/N-ethyl adjacent to an activating group) is 1. The van der Waals surface area contributed by atoms with Crippen LogP contribution in [0.5, 0.6) is 5.75 Å². The molecule has 0 radical (unpaired) electrons. The number of carboxylic acid groups (broad SMARTS) is 1. The summed E-state index contributed by atoms with van der Waals surface area (Å²) in [5.74, 6) is -7.37. The van der Waals surface area contributed by atoms with Gasteiger partial charge in [-0.2, -0.15) is 0 Å². The number of aliphatic carboxylic acids is 1. The highest BCUT2D eigenvalue weighted by Gasteiger charge is 2.64. The fourth-order valence-electron chi connectivity index (χ4n) is 5.65. The summed E-state index contributed by atoms with van der Waals surface area (Å²) < 4.78 is 0. The first-order chi connectivity index (χ1) is 17.1. The second-order valence-electron chi connectivity index (χ2n) is 9.83. The minimum absolute atomic E-state index is 0.0638. The van der Waals surface area contributed by atoms with E-state index in [4.69, 9.17) is 15.6 Å². The number of aromatic hydroxyl groups is 1. The van der Waals surface area contributed by atoms with Gasteiger partial charge in [-0.05, 0) is 50.6 Å². The number of phenols is 1. The molecule has 1 aromatic rings. The number of amides is 1. The molecule has 3 aliphatic rings. The van der Waals surface area contributed by atoms with E-state index < -0.39 is 64.0 Å². The molecule has 4 atom stereocenters. The van der Waals surface area contributed by atoms with Gasteiger partial charge in [0.1, 0.15) is 22.8 Å². The zero-order valence-electron chi connectivity index (χ0n) is 21.1. The first-order valence-corrected chi connectivity index (χ1v) is 11.4. The highest BCUT2D eigenvalue weighted by molar-refractivity contribution is 6.24. The van der Waals surface area contributed by atoms with E-state index in [-0.39, 0.29) is 29.7 Å². The SMILES string of the molecule is CC(=O)O.CN(C)c1ccc(O)c2c1C[C@H]1C[C@H]3[C@H](N(C)C)C(=O)C(C(N)=O)=C(O)[C@@]3(O)C(=O)C1=C2O. The van der Waals surface area contributed by atoms with Crippen LogP contribution in [-0.2, 0) is 25.6 Å². The van der Waals surface area contributed by atoms with Crippen LogP contribution in [0, 0.1) is 11.8 Å². The van der Waals surface area contributed by atoms with E-state index in [0.717, 1.165) is 12.6 Å². The minimum Gasteiger partial charge on any atom is -0.508 e. The van der Waals surface area contributed by atoms with Gasteiger partial charge in [-0.25, -0.2) is 0 Å². The van der Waals surface area contributed by atoms with Crippen molar-refractivity contribution in [2.45, 2.75) is 31.4 Å². The van der Waals surface area contributed by atoms with Crippen molar-refractivity contribution < 1.29 is 44.7 Å². The highest BCUT2D eigenvalue weighted by Crippen LogP contribution is 2.53. The van der Waals surface area contributed by atoms with Gasteiger partial charge in [0.15, 0.2) is 11.4 Å². The van der Waals surface area contributed by atoms with E-state index in [1.54, 1.807) is 20.2 Å². The number of carbonyl (C=O) groups is 4. The number of anilines is 1. The number of aliphatic hydroxyl groups is 3. The Balaban J connectivity index is 0.000000886. The summed E-state index contributed by atoms with van der Waals surface area (Å²) in [7, 11) is 6.75. The van der Waals surface area contributed by atoms with E-state index in [1.807, 2.05) is 19.0 Å². The zero-order valence-corrected chi connectivity index (χ0v) is 21.1. The molecule has 7 N–H and O–H groups in total. The Hall–Kier alpha value is -3.90. The molecule has 1 fully saturated rings. The number of phenolic OH excluding ortho intramolecular Hbond substituents is 1. The van der Waals surface area contributed by atoms with E-state index in [9.17, 15) is 34.8 Å². The summed E-state index contributed by atoms with van der Waals surface area (Å²) in [6.45, 7) is 1.08. The van der Waals surface area contributed by atoms with Crippen LogP contribution in [0.4, 0.5) is 5.69 Å². The predicted molar refractivity (Wildman–Crippen MR) is 132 cm³/mol. The summed E-state index contributed by atoms with van der Waals surface area (Å²) in [5.41, 5.74) is 3.15. The van der Waals surface area contributed by atoms with E-state index in [2.05, 4.69) is 0 Å². The summed E-state index contributed by atoms with van der Waals surface area (Å²) in [6.07, 6.45) is 0.324. The number of primary amides is 1. The van der Waals surface area contributed by atoms with Gasteiger partial charge in [-0.3, -0.25) is 24.1 Å². The lowest BCUT2D eigenvalue weighted by atomic mass is 9.57. The Morgan fingerprint density at radius 1 is 1.08 bits per heavy atom. The Morgan fingerprint density at radius 3 is 2.14 bits per heavy atom. The number of hydrogen-bond donors (Lipinski definition) is 6. The Bertz CT molecular complexity index is 1260. The van der Waals surface area contributed by atoms with Crippen molar-refractivity contribution in [2.75, 3.05) is 33.1 Å². The number of nitrogens with two attached hydrogens (primary N) is 1. The second-order valence-corrected chi connectivity index (χ2v) is 9.83. The molecule has 200 valence electrons. The molecule has 0 aromatic heterocycles. The van der Waals surface area contributed by atoms with Crippen molar-refractivity contribution in [3.63, 3.8) is 0 Å². The molecule has 0 heterocycles. The molecule has 3 aliphatic carbocycles. The molecular formula is C25H31N3O9. The maximum absolute atomic E-state index is 13.7. The average molecular weight is 518 g/mol. The number of Topliss-reactive ketones (excluding diaryl/α,β-unsaturated/α-hetero) is 2. The number of aliphatic hydroxyl groups excluding tert-OH is 2. The van der Waals surface area contributed by atoms with Crippen LogP contribution in [0.15, 0.2) is 29.0 Å². The largest absolute Gasteiger partial charge is 0.508 e. The molecule has 0 saturated heterocycles. The molecule has 1 aromatic carbocycles. The average Bonchev–Trinajstić information content (AvgIpc) is 2.75. The summed E-state index contributed by atoms with van der Waals surface area (Å²) in [5, 5.41) is 51.3. The van der Waals surface area contributed by atoms with Crippen molar-refractivity contribution in [1.29, 1.82) is 0 Å². The molecular weight excluding hydrogens is 486 g/mol. The summed E-state index contributed by atoms with van der Waals surface area (Å²) >= 11 is 0. The van der Waals surface area contributed by atoms with Crippen LogP contribution in [0.2, 0.25) is 0 Å². The topological polar surface area (TPSA) is 202 Å². The van der Waals surface area contributed by atoms with Gasteiger partial charge in [-0.1, -0.05) is 0 Å². The van der Waals surface area contributed by atoms with Gasteiger partial charge in [-0.15, -0.1) is 0 Å². The van der Waals surface area contributed by atoms with Crippen molar-refractivity contribution in [3.05, 3.63) is 40.2 Å². The second kappa shape index (κ2) is 9.52. The molecule has 12 nitrogen and oxygen atoms in total. The quantitative estimate of drug-likeness (QED) is 0.297. The highest BCUT2D eigenvalue weighted by atomic mass is 16.4. The number of carbonyl (C=O) groups excluding carboxylic acids is 3. The number of carboxylic acids is 1. The van der Waals surface area contributed by atoms with Crippen LogP contribution in [-0.4, -0.2) is 93.7 Å². The maximum atomic E-state index is 13.7. The van der Waals surface area contributed by atoms with E-state index >= 15 is 0 Å². The van der Waals surface area contributed by atoms with Crippen molar-refractivity contribution in [1.82, 2.24) is 4.90 Å². The first-order valence-electron chi connectivity index (χ1n) is 11.4. The summed E-state index contributed by atoms with van der Waals surface area (Å²) in [6, 6.07) is 2.01. The molecule has 4 rings (SSSR count). The lowest BCUT2D eigenvalue weighted by Crippen LogP contribution is -2.65. The van der Waals surface area contributed by atoms with Crippen molar-refractivity contribution >= 4 is 34.9 Å². The third-order valence-corrected chi connectivity index (χ3v) is 7.06. The third kappa shape index (κ3) is 4.21. The van der Waals surface area contributed by atoms with Gasteiger partial charge in [0.25, 0.3) is 11.9 Å². The van der Waals surface area contributed by atoms with Crippen LogP contribution < -0.4 is 10.6 Å². The van der Waals surface area contributed by atoms with Gasteiger partial charge >= 0.3 is 0 Å². The van der Waals surface area contributed by atoms with Crippen molar-refractivity contribution in [3.8, 4) is 5.75 Å². The molecule has 0 bridgehead atoms. The first kappa shape index (κ1) is 27.7. The Morgan fingerprint density at radius 2 is 1.65 bits per heavy atom. The van der Waals surface area contributed by atoms with Crippen molar-refractivity contribution in [2.24, 2.45) is 17.6 Å². The van der Waals surface area contributed by atoms with Gasteiger partial charge < -0.3 is 36.2 Å². The predicted octanol–water partition coefficient (Wildman–Crippen LogP) is 0.121. The number of fused-ring (bicyclic) bond motifs is 3. The molecule has 0 unspecified atom stereocenters. The van der Waals surface area contributed by atoms with Crippen LogP contribution in [0.3, 0.4) is 0 Å². The fraction of sp³-hybridized carbons (Fsp3) is 0.440. The van der Waals surface area contributed by atoms with Gasteiger partial charge in [0.2, 0.25) is 5.78 Å². The smallest absolute Gasteiger partial charge is 0.300 e. The lowest BCUT2D eigenvalue weighted by Gasteiger charge is -2.50. The minimum atomic E-state index is -2.63. The molecule has 1 saturated carbocycles. The monoisotopic (exact) mass is 517 g/mol.